The second-order valence-corrected chi connectivity index (χ2v) is 17.3. The van der Waals surface area contributed by atoms with Crippen LogP contribution in [0.5, 0.6) is 0 Å². The molecule has 1 N–H and O–H groups in total. The van der Waals surface area contributed by atoms with E-state index < -0.39 is 61.7 Å². The third-order valence-electron chi connectivity index (χ3n) is 7.97. The van der Waals surface area contributed by atoms with Crippen LogP contribution in [-0.4, -0.2) is 55.3 Å². The molecular formula is C32H41F3N4O5Si. The van der Waals surface area contributed by atoms with Crippen molar-refractivity contribution in [2.75, 3.05) is 12.0 Å². The summed E-state index contributed by atoms with van der Waals surface area (Å²) in [6.45, 7) is 11.5. The molecule has 0 spiro atoms. The highest BCUT2D eigenvalue weighted by molar-refractivity contribution is 6.74. The highest BCUT2D eigenvalue weighted by Crippen LogP contribution is 2.41. The smallest absolute Gasteiger partial charge is 0.418 e. The summed E-state index contributed by atoms with van der Waals surface area (Å²) in [5.41, 5.74) is 0.325. The molecule has 1 aromatic carbocycles. The van der Waals surface area contributed by atoms with E-state index in [9.17, 15) is 27.6 Å². The van der Waals surface area contributed by atoms with E-state index in [1.807, 2.05) is 20.8 Å². The van der Waals surface area contributed by atoms with Crippen molar-refractivity contribution < 1.29 is 31.9 Å². The Morgan fingerprint density at radius 1 is 1.00 bits per heavy atom. The molecule has 2 atom stereocenters. The molecule has 9 nitrogen and oxygen atoms in total. The Labute approximate surface area is 262 Å². The van der Waals surface area contributed by atoms with Gasteiger partial charge in [-0.15, -0.1) is 0 Å². The molecule has 13 heteroatoms. The number of rotatable bonds is 10. The summed E-state index contributed by atoms with van der Waals surface area (Å²) in [6, 6.07) is 13.3. The third kappa shape index (κ3) is 8.40. The normalized spacial score (nSPS) is 13.7. The van der Waals surface area contributed by atoms with Crippen molar-refractivity contribution in [1.82, 2.24) is 14.9 Å². The summed E-state index contributed by atoms with van der Waals surface area (Å²) in [5, 5.41) is 2.02. The van der Waals surface area contributed by atoms with Gasteiger partial charge in [0.05, 0.1) is 24.5 Å². The van der Waals surface area contributed by atoms with Crippen LogP contribution in [0.2, 0.25) is 18.1 Å². The van der Waals surface area contributed by atoms with Gasteiger partial charge in [-0.25, -0.2) is 9.69 Å². The lowest BCUT2D eigenvalue weighted by Crippen LogP contribution is -2.59. The Morgan fingerprint density at radius 2 is 1.60 bits per heavy atom. The van der Waals surface area contributed by atoms with E-state index in [2.05, 4.69) is 10.3 Å². The van der Waals surface area contributed by atoms with Gasteiger partial charge in [0.15, 0.2) is 14.4 Å². The predicted molar refractivity (Wildman–Crippen MR) is 170 cm³/mol. The molecule has 0 fully saturated rings. The van der Waals surface area contributed by atoms with Gasteiger partial charge in [-0.3, -0.25) is 19.1 Å². The zero-order chi connectivity index (χ0) is 33.7. The number of alkyl halides is 3. The fourth-order valence-electron chi connectivity index (χ4n) is 4.49. The Bertz CT molecular complexity index is 1520. The topological polar surface area (TPSA) is 103 Å². The molecule has 0 aliphatic rings. The third-order valence-corrected chi connectivity index (χ3v) is 12.4. The van der Waals surface area contributed by atoms with Gasteiger partial charge in [0.1, 0.15) is 12.2 Å². The van der Waals surface area contributed by atoms with Crippen molar-refractivity contribution in [3.63, 3.8) is 0 Å². The van der Waals surface area contributed by atoms with E-state index in [-0.39, 0.29) is 11.4 Å². The summed E-state index contributed by atoms with van der Waals surface area (Å²) in [6.07, 6.45) is -5.03. The van der Waals surface area contributed by atoms with Crippen LogP contribution in [0.25, 0.3) is 11.3 Å². The van der Waals surface area contributed by atoms with Crippen LogP contribution >= 0.6 is 0 Å². The first kappa shape index (κ1) is 35.5. The van der Waals surface area contributed by atoms with Crippen molar-refractivity contribution in [3.05, 3.63) is 77.3 Å². The number of hydrogen-bond donors (Lipinski definition) is 1. The van der Waals surface area contributed by atoms with E-state index in [4.69, 9.17) is 9.16 Å². The molecule has 3 aromatic rings. The van der Waals surface area contributed by atoms with E-state index in [1.165, 1.54) is 30.6 Å². The van der Waals surface area contributed by atoms with Crippen molar-refractivity contribution in [2.24, 2.45) is 5.92 Å². The molecule has 0 saturated carbocycles. The number of hydrogen-bond acceptors (Lipinski definition) is 6. The van der Waals surface area contributed by atoms with Crippen molar-refractivity contribution in [2.45, 2.75) is 77.6 Å². The van der Waals surface area contributed by atoms with Gasteiger partial charge in [-0.2, -0.15) is 13.2 Å². The zero-order valence-corrected chi connectivity index (χ0v) is 27.8. The molecule has 0 aliphatic heterocycles. The lowest BCUT2D eigenvalue weighted by Gasteiger charge is -2.42. The number of halogens is 3. The van der Waals surface area contributed by atoms with Gasteiger partial charge in [-0.05, 0) is 53.9 Å². The quantitative estimate of drug-likeness (QED) is 0.240. The Hall–Kier alpha value is -3.97. The van der Waals surface area contributed by atoms with Gasteiger partial charge in [0, 0.05) is 12.4 Å². The molecule has 0 bridgehead atoms. The first-order valence-corrected chi connectivity index (χ1v) is 17.4. The lowest BCUT2D eigenvalue weighted by atomic mass is 9.98. The number of anilines is 2. The molecular weight excluding hydrogens is 605 g/mol. The number of aromatic nitrogens is 2. The van der Waals surface area contributed by atoms with Gasteiger partial charge < -0.3 is 14.5 Å². The van der Waals surface area contributed by atoms with Crippen LogP contribution in [0.1, 0.15) is 34.6 Å². The largest absolute Gasteiger partial charge is 0.452 e. The van der Waals surface area contributed by atoms with Crippen molar-refractivity contribution in [3.8, 4) is 11.3 Å². The van der Waals surface area contributed by atoms with Crippen LogP contribution in [-0.2, 0) is 20.5 Å². The van der Waals surface area contributed by atoms with Crippen LogP contribution < -0.4 is 15.8 Å². The summed E-state index contributed by atoms with van der Waals surface area (Å²) in [5.74, 6) is -1.49. The van der Waals surface area contributed by atoms with Gasteiger partial charge in [0.25, 0.3) is 5.56 Å². The summed E-state index contributed by atoms with van der Waals surface area (Å²) < 4.78 is 55.5. The summed E-state index contributed by atoms with van der Waals surface area (Å²) in [7, 11) is -1.76. The lowest BCUT2D eigenvalue weighted by molar-refractivity contribution is -0.210. The SMILES string of the molecule is COC(=O)N(c1ccncc1)c1ccc(-c2ccccc2)n(CC(=O)NC(C(C)C)C(O[Si](C)(C)C(C)(C)C)C(F)(F)F)c1=O. The standard InChI is InChI=1S/C32H41F3N4O5Si/c1-21(2)27(28(32(33,34)35)44-45(7,8)31(3,4)5)37-26(40)20-38-24(22-12-10-9-11-13-22)14-15-25(29(38)41)39(30(42)43-6)23-16-18-36-19-17-23/h9-19,21,27-28H,20H2,1-8H3,(H,37,40). The fourth-order valence-corrected chi connectivity index (χ4v) is 5.76. The number of nitrogens with one attached hydrogen (secondary N) is 1. The first-order chi connectivity index (χ1) is 20.9. The van der Waals surface area contributed by atoms with Crippen molar-refractivity contribution in [1.29, 1.82) is 0 Å². The molecule has 2 heterocycles. The average Bonchev–Trinajstić information content (AvgIpc) is 2.96. The van der Waals surface area contributed by atoms with Crippen LogP contribution in [0.4, 0.5) is 29.3 Å². The van der Waals surface area contributed by atoms with Gasteiger partial charge in [0.2, 0.25) is 5.91 Å². The van der Waals surface area contributed by atoms with E-state index in [0.717, 1.165) is 16.6 Å². The maximum atomic E-state index is 14.5. The minimum absolute atomic E-state index is 0.129. The summed E-state index contributed by atoms with van der Waals surface area (Å²) in [4.78, 5) is 45.5. The maximum absolute atomic E-state index is 14.5. The Kier molecular flexibility index (Phi) is 11.0. The molecule has 3 rings (SSSR count). The molecule has 2 unspecified atom stereocenters. The molecule has 244 valence electrons. The number of nitrogens with zero attached hydrogens (tertiary/aromatic N) is 3. The van der Waals surface area contributed by atoms with E-state index in [0.29, 0.717) is 11.3 Å². The first-order valence-electron chi connectivity index (χ1n) is 14.5. The second-order valence-electron chi connectivity index (χ2n) is 12.5. The minimum Gasteiger partial charge on any atom is -0.452 e. The zero-order valence-electron chi connectivity index (χ0n) is 26.8. The highest BCUT2D eigenvalue weighted by Gasteiger charge is 2.52. The van der Waals surface area contributed by atoms with E-state index in [1.54, 1.807) is 63.3 Å². The molecule has 45 heavy (non-hydrogen) atoms. The predicted octanol–water partition coefficient (Wildman–Crippen LogP) is 6.91. The Morgan fingerprint density at radius 3 is 2.11 bits per heavy atom. The molecule has 2 amide bonds. The number of carbonyl (C=O) groups excluding carboxylic acids is 2. The monoisotopic (exact) mass is 646 g/mol. The highest BCUT2D eigenvalue weighted by atomic mass is 28.4. The average molecular weight is 647 g/mol. The maximum Gasteiger partial charge on any atom is 0.418 e. The molecule has 0 saturated heterocycles. The van der Waals surface area contributed by atoms with Gasteiger partial charge in [-0.1, -0.05) is 65.0 Å². The van der Waals surface area contributed by atoms with E-state index >= 15 is 0 Å². The minimum atomic E-state index is -4.77. The van der Waals surface area contributed by atoms with Crippen LogP contribution in [0.3, 0.4) is 0 Å². The molecule has 0 aliphatic carbocycles. The van der Waals surface area contributed by atoms with Gasteiger partial charge >= 0.3 is 12.3 Å². The fraction of sp³-hybridized carbons (Fsp3) is 0.438. The number of carbonyl (C=O) groups is 2. The molecule has 2 aromatic heterocycles. The Balaban J connectivity index is 2.10. The number of ether oxygens (including phenoxy) is 1. The van der Waals surface area contributed by atoms with Crippen LogP contribution in [0, 0.1) is 5.92 Å². The second kappa shape index (κ2) is 14.0. The number of amides is 2. The van der Waals surface area contributed by atoms with Crippen molar-refractivity contribution >= 4 is 31.7 Å². The number of pyridine rings is 2. The summed E-state index contributed by atoms with van der Waals surface area (Å²) >= 11 is 0. The number of methoxy groups -OCH3 is 1. The number of benzene rings is 1. The van der Waals surface area contributed by atoms with Crippen LogP contribution in [0.15, 0.2) is 71.8 Å². The molecule has 0 radical (unpaired) electrons.